The van der Waals surface area contributed by atoms with Crippen LogP contribution in [0.3, 0.4) is 0 Å². The summed E-state index contributed by atoms with van der Waals surface area (Å²) in [6, 6.07) is 11.4. The molecule has 2 N–H and O–H groups in total. The number of carbonyl (C=O) groups excluding carboxylic acids is 1. The normalized spacial score (nSPS) is 17.6. The molecule has 0 saturated carbocycles. The number of benzene rings is 1. The van der Waals surface area contributed by atoms with E-state index in [1.807, 2.05) is 29.2 Å². The highest BCUT2D eigenvalue weighted by atomic mass is 16.5. The zero-order valence-electron chi connectivity index (χ0n) is 16.2. The molecule has 0 aliphatic carbocycles. The maximum atomic E-state index is 11.4. The van der Waals surface area contributed by atoms with E-state index in [1.165, 1.54) is 0 Å². The SMILES string of the molecule is CC(=O)N1CCC(CNc2nccc(/C(C#N)=C3/Nc4ccccc4O3)n2)CC1. The molecule has 0 unspecified atom stereocenters. The highest BCUT2D eigenvalue weighted by Gasteiger charge is 2.23. The summed E-state index contributed by atoms with van der Waals surface area (Å²) in [6.45, 7) is 3.92. The third-order valence-electron chi connectivity index (χ3n) is 5.21. The van der Waals surface area contributed by atoms with Crippen molar-refractivity contribution in [3.63, 3.8) is 0 Å². The van der Waals surface area contributed by atoms with Crippen molar-refractivity contribution in [3.8, 4) is 11.8 Å². The lowest BCUT2D eigenvalue weighted by Gasteiger charge is -2.31. The number of nitrogens with zero attached hydrogens (tertiary/aromatic N) is 4. The number of para-hydroxylation sites is 2. The zero-order valence-corrected chi connectivity index (χ0v) is 16.2. The summed E-state index contributed by atoms with van der Waals surface area (Å²) in [5.41, 5.74) is 1.63. The number of hydrogen-bond acceptors (Lipinski definition) is 7. The fourth-order valence-electron chi connectivity index (χ4n) is 3.53. The van der Waals surface area contributed by atoms with E-state index in [-0.39, 0.29) is 5.91 Å². The Morgan fingerprint density at radius 1 is 1.34 bits per heavy atom. The van der Waals surface area contributed by atoms with Crippen molar-refractivity contribution >= 4 is 23.1 Å². The van der Waals surface area contributed by atoms with Crippen LogP contribution in [0.1, 0.15) is 25.5 Å². The molecule has 1 aromatic carbocycles. The standard InChI is InChI=1S/C21H22N6O2/c1-14(28)27-10-7-15(8-11-27)13-24-21-23-9-6-17(26-21)16(12-22)20-25-18-4-2-3-5-19(18)29-20/h2-6,9,15,25H,7-8,10-11,13H2,1H3,(H,23,24,26)/b20-16-. The van der Waals surface area contributed by atoms with Gasteiger partial charge in [0.05, 0.1) is 11.4 Å². The summed E-state index contributed by atoms with van der Waals surface area (Å²) in [5, 5.41) is 16.1. The minimum Gasteiger partial charge on any atom is -0.437 e. The Bertz CT molecular complexity index is 962. The molecular weight excluding hydrogens is 368 g/mol. The molecule has 3 heterocycles. The summed E-state index contributed by atoms with van der Waals surface area (Å²) in [6.07, 6.45) is 3.54. The average Bonchev–Trinajstić information content (AvgIpc) is 3.17. The fraction of sp³-hybridized carbons (Fsp3) is 0.333. The Balaban J connectivity index is 1.43. The van der Waals surface area contributed by atoms with Gasteiger partial charge in [0.15, 0.2) is 5.75 Å². The fourth-order valence-corrected chi connectivity index (χ4v) is 3.53. The second-order valence-corrected chi connectivity index (χ2v) is 7.13. The van der Waals surface area contributed by atoms with Crippen LogP contribution in [0.5, 0.6) is 5.75 Å². The maximum Gasteiger partial charge on any atom is 0.223 e. The zero-order chi connectivity index (χ0) is 20.2. The van der Waals surface area contributed by atoms with Crippen LogP contribution in [0.4, 0.5) is 11.6 Å². The second kappa shape index (κ2) is 8.19. The second-order valence-electron chi connectivity index (χ2n) is 7.13. The van der Waals surface area contributed by atoms with Crippen LogP contribution in [0.25, 0.3) is 5.57 Å². The molecule has 0 radical (unpaired) electrons. The summed E-state index contributed by atoms with van der Waals surface area (Å²) in [4.78, 5) is 22.1. The Kier molecular flexibility index (Phi) is 5.29. The molecule has 2 aromatic rings. The van der Waals surface area contributed by atoms with Crippen LogP contribution in [0.15, 0.2) is 42.4 Å². The molecule has 8 heteroatoms. The highest BCUT2D eigenvalue weighted by molar-refractivity contribution is 5.81. The van der Waals surface area contributed by atoms with E-state index in [9.17, 15) is 10.1 Å². The maximum absolute atomic E-state index is 11.4. The first kappa shape index (κ1) is 18.7. The number of nitrogens with one attached hydrogen (secondary N) is 2. The van der Waals surface area contributed by atoms with Gasteiger partial charge in [0, 0.05) is 32.8 Å². The Morgan fingerprint density at radius 2 is 2.14 bits per heavy atom. The van der Waals surface area contributed by atoms with Gasteiger partial charge in [-0.2, -0.15) is 5.26 Å². The molecule has 1 fully saturated rings. The van der Waals surface area contributed by atoms with Crippen LogP contribution in [-0.4, -0.2) is 40.4 Å². The molecule has 2 aliphatic rings. The molecule has 8 nitrogen and oxygen atoms in total. The lowest BCUT2D eigenvalue weighted by Crippen LogP contribution is -2.38. The van der Waals surface area contributed by atoms with Gasteiger partial charge in [-0.1, -0.05) is 12.1 Å². The van der Waals surface area contributed by atoms with Crippen LogP contribution in [0.2, 0.25) is 0 Å². The largest absolute Gasteiger partial charge is 0.437 e. The smallest absolute Gasteiger partial charge is 0.223 e. The Labute approximate surface area is 169 Å². The minimum atomic E-state index is 0.134. The van der Waals surface area contributed by atoms with Gasteiger partial charge in [-0.3, -0.25) is 4.79 Å². The van der Waals surface area contributed by atoms with E-state index < -0.39 is 0 Å². The first-order valence-corrected chi connectivity index (χ1v) is 9.65. The molecule has 29 heavy (non-hydrogen) atoms. The minimum absolute atomic E-state index is 0.134. The molecule has 4 rings (SSSR count). The van der Waals surface area contributed by atoms with E-state index in [2.05, 4.69) is 26.7 Å². The lowest BCUT2D eigenvalue weighted by atomic mass is 9.97. The lowest BCUT2D eigenvalue weighted by molar-refractivity contribution is -0.130. The van der Waals surface area contributed by atoms with Crippen molar-refractivity contribution in [1.29, 1.82) is 5.26 Å². The quantitative estimate of drug-likeness (QED) is 0.774. The van der Waals surface area contributed by atoms with Crippen molar-refractivity contribution in [2.24, 2.45) is 5.92 Å². The molecule has 0 atom stereocenters. The van der Waals surface area contributed by atoms with Crippen LogP contribution in [0, 0.1) is 17.2 Å². The van der Waals surface area contributed by atoms with Gasteiger partial charge in [0.1, 0.15) is 11.6 Å². The average molecular weight is 390 g/mol. The molecule has 2 aliphatic heterocycles. The number of anilines is 2. The number of likely N-dealkylation sites (tertiary alicyclic amines) is 1. The number of fused-ring (bicyclic) bond motifs is 1. The highest BCUT2D eigenvalue weighted by Crippen LogP contribution is 2.35. The van der Waals surface area contributed by atoms with Gasteiger partial charge in [-0.15, -0.1) is 0 Å². The number of allylic oxidation sites excluding steroid dienone is 1. The molecule has 0 bridgehead atoms. The predicted molar refractivity (Wildman–Crippen MR) is 109 cm³/mol. The summed E-state index contributed by atoms with van der Waals surface area (Å²) in [7, 11) is 0. The van der Waals surface area contributed by atoms with Crippen LogP contribution < -0.4 is 15.4 Å². The van der Waals surface area contributed by atoms with Crippen molar-refractivity contribution in [2.75, 3.05) is 30.3 Å². The number of piperidine rings is 1. The molecule has 1 aromatic heterocycles. The number of aromatic nitrogens is 2. The third-order valence-corrected chi connectivity index (χ3v) is 5.21. The number of ether oxygens (including phenoxy) is 1. The van der Waals surface area contributed by atoms with E-state index in [0.717, 1.165) is 38.2 Å². The van der Waals surface area contributed by atoms with Gasteiger partial charge in [-0.25, -0.2) is 9.97 Å². The molecule has 1 amide bonds. The van der Waals surface area contributed by atoms with E-state index >= 15 is 0 Å². The van der Waals surface area contributed by atoms with Gasteiger partial charge in [0.25, 0.3) is 0 Å². The van der Waals surface area contributed by atoms with Crippen molar-refractivity contribution in [3.05, 3.63) is 48.1 Å². The van der Waals surface area contributed by atoms with Gasteiger partial charge >= 0.3 is 0 Å². The van der Waals surface area contributed by atoms with Crippen molar-refractivity contribution in [1.82, 2.24) is 14.9 Å². The number of rotatable bonds is 4. The van der Waals surface area contributed by atoms with Crippen molar-refractivity contribution in [2.45, 2.75) is 19.8 Å². The molecule has 0 spiro atoms. The van der Waals surface area contributed by atoms with E-state index in [0.29, 0.717) is 34.8 Å². The summed E-state index contributed by atoms with van der Waals surface area (Å²) < 4.78 is 5.77. The Hall–Kier alpha value is -3.60. The van der Waals surface area contributed by atoms with Gasteiger partial charge < -0.3 is 20.3 Å². The van der Waals surface area contributed by atoms with Crippen molar-refractivity contribution < 1.29 is 9.53 Å². The Morgan fingerprint density at radius 3 is 2.86 bits per heavy atom. The predicted octanol–water partition coefficient (Wildman–Crippen LogP) is 2.84. The summed E-state index contributed by atoms with van der Waals surface area (Å²) >= 11 is 0. The topological polar surface area (TPSA) is 103 Å². The number of carbonyl (C=O) groups is 1. The van der Waals surface area contributed by atoms with Gasteiger partial charge in [-0.05, 0) is 37.0 Å². The number of amides is 1. The number of hydrogen-bond donors (Lipinski definition) is 2. The number of nitriles is 1. The monoisotopic (exact) mass is 390 g/mol. The molecule has 1 saturated heterocycles. The van der Waals surface area contributed by atoms with Gasteiger partial charge in [0.2, 0.25) is 17.7 Å². The third kappa shape index (κ3) is 4.14. The summed E-state index contributed by atoms with van der Waals surface area (Å²) in [5.74, 6) is 2.12. The first-order chi connectivity index (χ1) is 14.1. The van der Waals surface area contributed by atoms with Crippen LogP contribution in [-0.2, 0) is 4.79 Å². The van der Waals surface area contributed by atoms with Crippen LogP contribution >= 0.6 is 0 Å². The van der Waals surface area contributed by atoms with E-state index in [4.69, 9.17) is 4.74 Å². The van der Waals surface area contributed by atoms with E-state index in [1.54, 1.807) is 19.2 Å². The first-order valence-electron chi connectivity index (χ1n) is 9.65. The molecule has 148 valence electrons. The molecular formula is C21H22N6O2.